The van der Waals surface area contributed by atoms with Crippen molar-refractivity contribution in [3.8, 4) is 5.75 Å². The minimum atomic E-state index is -0.670. The van der Waals surface area contributed by atoms with E-state index in [4.69, 9.17) is 16.3 Å². The Morgan fingerprint density at radius 3 is 2.58 bits per heavy atom. The molecule has 2 aromatic carbocycles. The first-order valence-corrected chi connectivity index (χ1v) is 6.66. The Labute approximate surface area is 118 Å². The fourth-order valence-electron chi connectivity index (χ4n) is 1.97. The number of ether oxygens (including phenoxy) is 1. The molecule has 1 N–H and O–H groups in total. The molecule has 0 saturated heterocycles. The van der Waals surface area contributed by atoms with Crippen molar-refractivity contribution in [3.63, 3.8) is 0 Å². The highest BCUT2D eigenvalue weighted by Gasteiger charge is 2.12. The Kier molecular flexibility index (Phi) is 4.46. The summed E-state index contributed by atoms with van der Waals surface area (Å²) in [4.78, 5) is 0. The van der Waals surface area contributed by atoms with Crippen LogP contribution < -0.4 is 4.74 Å². The van der Waals surface area contributed by atoms with Gasteiger partial charge in [-0.2, -0.15) is 0 Å². The first-order chi connectivity index (χ1) is 9.11. The van der Waals surface area contributed by atoms with Crippen LogP contribution in [0.3, 0.4) is 0 Å². The maximum atomic E-state index is 10.4. The molecule has 2 aromatic rings. The number of benzene rings is 2. The normalized spacial score (nSPS) is 12.2. The van der Waals surface area contributed by atoms with Crippen LogP contribution in [0.4, 0.5) is 0 Å². The molecule has 0 fully saturated rings. The Balaban J connectivity index is 2.29. The largest absolute Gasteiger partial charge is 0.494 e. The molecule has 0 saturated carbocycles. The second-order valence-electron chi connectivity index (χ2n) is 4.42. The average Bonchev–Trinajstić information content (AvgIpc) is 2.42. The molecule has 0 spiro atoms. The van der Waals surface area contributed by atoms with Crippen LogP contribution in [0.25, 0.3) is 0 Å². The van der Waals surface area contributed by atoms with Crippen LogP contribution in [0.2, 0.25) is 5.02 Å². The van der Waals surface area contributed by atoms with Crippen LogP contribution in [0.1, 0.15) is 29.7 Å². The number of aliphatic hydroxyl groups excluding tert-OH is 1. The molecule has 0 aromatic heterocycles. The van der Waals surface area contributed by atoms with Crippen molar-refractivity contribution >= 4 is 11.6 Å². The maximum Gasteiger partial charge on any atom is 0.119 e. The monoisotopic (exact) mass is 276 g/mol. The molecule has 2 rings (SSSR count). The smallest absolute Gasteiger partial charge is 0.119 e. The molecule has 19 heavy (non-hydrogen) atoms. The van der Waals surface area contributed by atoms with Gasteiger partial charge >= 0.3 is 0 Å². The summed E-state index contributed by atoms with van der Waals surface area (Å²) in [5, 5.41) is 11.1. The summed E-state index contributed by atoms with van der Waals surface area (Å²) in [6, 6.07) is 13.1. The third kappa shape index (κ3) is 3.28. The summed E-state index contributed by atoms with van der Waals surface area (Å²) in [5.74, 6) is 0.768. The highest BCUT2D eigenvalue weighted by atomic mass is 35.5. The van der Waals surface area contributed by atoms with Crippen molar-refractivity contribution in [1.82, 2.24) is 0 Å². The van der Waals surface area contributed by atoms with Gasteiger partial charge in [0.2, 0.25) is 0 Å². The van der Waals surface area contributed by atoms with E-state index < -0.39 is 6.10 Å². The first kappa shape index (κ1) is 13.9. The van der Waals surface area contributed by atoms with Gasteiger partial charge < -0.3 is 9.84 Å². The van der Waals surface area contributed by atoms with Gasteiger partial charge in [-0.05, 0) is 48.7 Å². The van der Waals surface area contributed by atoms with E-state index in [0.717, 1.165) is 22.4 Å². The zero-order valence-corrected chi connectivity index (χ0v) is 11.8. The van der Waals surface area contributed by atoms with E-state index in [-0.39, 0.29) is 0 Å². The van der Waals surface area contributed by atoms with Crippen LogP contribution in [-0.2, 0) is 0 Å². The van der Waals surface area contributed by atoms with Gasteiger partial charge in [0.05, 0.1) is 6.61 Å². The first-order valence-electron chi connectivity index (χ1n) is 6.28. The number of rotatable bonds is 4. The summed E-state index contributed by atoms with van der Waals surface area (Å²) >= 11 is 6.00. The van der Waals surface area contributed by atoms with E-state index in [1.54, 1.807) is 0 Å². The lowest BCUT2D eigenvalue weighted by Gasteiger charge is -2.14. The van der Waals surface area contributed by atoms with Crippen molar-refractivity contribution in [2.24, 2.45) is 0 Å². The van der Waals surface area contributed by atoms with E-state index in [2.05, 4.69) is 0 Å². The quantitative estimate of drug-likeness (QED) is 0.910. The van der Waals surface area contributed by atoms with E-state index in [1.165, 1.54) is 0 Å². The van der Waals surface area contributed by atoms with Crippen LogP contribution in [0.15, 0.2) is 42.5 Å². The molecule has 0 radical (unpaired) electrons. The summed E-state index contributed by atoms with van der Waals surface area (Å²) in [7, 11) is 0. The molecule has 0 aliphatic rings. The molecule has 1 atom stereocenters. The molecule has 2 nitrogen and oxygen atoms in total. The lowest BCUT2D eigenvalue weighted by Crippen LogP contribution is -2.01. The topological polar surface area (TPSA) is 29.5 Å². The SMILES string of the molecule is CCOc1cccc(C(O)c2ccc(Cl)c(C)c2)c1. The Hall–Kier alpha value is -1.51. The number of hydrogen-bond donors (Lipinski definition) is 1. The minimum Gasteiger partial charge on any atom is -0.494 e. The van der Waals surface area contributed by atoms with Gasteiger partial charge in [0.1, 0.15) is 11.9 Å². The molecule has 3 heteroatoms. The number of halogens is 1. The average molecular weight is 277 g/mol. The fourth-order valence-corrected chi connectivity index (χ4v) is 2.09. The van der Waals surface area contributed by atoms with Crippen molar-refractivity contribution in [1.29, 1.82) is 0 Å². The fraction of sp³-hybridized carbons (Fsp3) is 0.250. The van der Waals surface area contributed by atoms with Crippen LogP contribution in [0.5, 0.6) is 5.75 Å². The molecule has 100 valence electrons. The second kappa shape index (κ2) is 6.09. The third-order valence-corrected chi connectivity index (χ3v) is 3.41. The van der Waals surface area contributed by atoms with Gasteiger partial charge in [-0.1, -0.05) is 35.9 Å². The summed E-state index contributed by atoms with van der Waals surface area (Å²) in [5.41, 5.74) is 2.60. The van der Waals surface area contributed by atoms with E-state index in [9.17, 15) is 5.11 Å². The van der Waals surface area contributed by atoms with Gasteiger partial charge in [-0.25, -0.2) is 0 Å². The predicted octanol–water partition coefficient (Wildman–Crippen LogP) is 4.13. The lowest BCUT2D eigenvalue weighted by molar-refractivity contribution is 0.219. The standard InChI is InChI=1S/C16H17ClO2/c1-3-19-14-6-4-5-12(10-14)16(18)13-7-8-15(17)11(2)9-13/h4-10,16,18H,3H2,1-2H3. The number of hydrogen-bond acceptors (Lipinski definition) is 2. The number of aryl methyl sites for hydroxylation is 1. The zero-order chi connectivity index (χ0) is 13.8. The van der Waals surface area contributed by atoms with Gasteiger partial charge in [-0.3, -0.25) is 0 Å². The van der Waals surface area contributed by atoms with Gasteiger partial charge in [0.25, 0.3) is 0 Å². The van der Waals surface area contributed by atoms with Crippen molar-refractivity contribution in [2.45, 2.75) is 20.0 Å². The molecule has 1 unspecified atom stereocenters. The second-order valence-corrected chi connectivity index (χ2v) is 4.82. The van der Waals surface area contributed by atoms with Gasteiger partial charge in [0.15, 0.2) is 0 Å². The number of aliphatic hydroxyl groups is 1. The Morgan fingerprint density at radius 2 is 1.89 bits per heavy atom. The molecular formula is C16H17ClO2. The molecule has 0 amide bonds. The van der Waals surface area contributed by atoms with E-state index in [0.29, 0.717) is 11.6 Å². The van der Waals surface area contributed by atoms with Crippen molar-refractivity contribution in [3.05, 3.63) is 64.2 Å². The van der Waals surface area contributed by atoms with Crippen LogP contribution >= 0.6 is 11.6 Å². The highest BCUT2D eigenvalue weighted by molar-refractivity contribution is 6.31. The van der Waals surface area contributed by atoms with Crippen molar-refractivity contribution < 1.29 is 9.84 Å². The molecule has 0 aliphatic heterocycles. The lowest BCUT2D eigenvalue weighted by atomic mass is 10.00. The molecule has 0 bridgehead atoms. The van der Waals surface area contributed by atoms with E-state index >= 15 is 0 Å². The van der Waals surface area contributed by atoms with E-state index in [1.807, 2.05) is 56.3 Å². The Morgan fingerprint density at radius 1 is 1.16 bits per heavy atom. The maximum absolute atomic E-state index is 10.4. The molecule has 0 aliphatic carbocycles. The van der Waals surface area contributed by atoms with Crippen LogP contribution in [0, 0.1) is 6.92 Å². The van der Waals surface area contributed by atoms with Crippen molar-refractivity contribution in [2.75, 3.05) is 6.61 Å². The highest BCUT2D eigenvalue weighted by Crippen LogP contribution is 2.27. The third-order valence-electron chi connectivity index (χ3n) is 2.98. The van der Waals surface area contributed by atoms with Gasteiger partial charge in [0, 0.05) is 5.02 Å². The van der Waals surface area contributed by atoms with Gasteiger partial charge in [-0.15, -0.1) is 0 Å². The van der Waals surface area contributed by atoms with Crippen LogP contribution in [-0.4, -0.2) is 11.7 Å². The summed E-state index contributed by atoms with van der Waals surface area (Å²) < 4.78 is 5.44. The summed E-state index contributed by atoms with van der Waals surface area (Å²) in [6.07, 6.45) is -0.670. The predicted molar refractivity (Wildman–Crippen MR) is 77.9 cm³/mol. The zero-order valence-electron chi connectivity index (χ0n) is 11.1. The Bertz CT molecular complexity index is 566. The minimum absolute atomic E-state index is 0.611. The molecule has 0 heterocycles. The molecular weight excluding hydrogens is 260 g/mol. The summed E-state index contributed by atoms with van der Waals surface area (Å²) in [6.45, 7) is 4.47.